The summed E-state index contributed by atoms with van der Waals surface area (Å²) in [6.07, 6.45) is 1.72. The van der Waals surface area contributed by atoms with Gasteiger partial charge in [0.2, 0.25) is 0 Å². The second-order valence-electron chi connectivity index (χ2n) is 7.53. The Bertz CT molecular complexity index is 966. The second-order valence-corrected chi connectivity index (χ2v) is 8.34. The number of rotatable bonds is 5. The van der Waals surface area contributed by atoms with Gasteiger partial charge in [0.25, 0.3) is 5.91 Å². The summed E-state index contributed by atoms with van der Waals surface area (Å²) in [7, 11) is 1.71. The second kappa shape index (κ2) is 8.98. The van der Waals surface area contributed by atoms with Gasteiger partial charge in [0.1, 0.15) is 11.9 Å². The third kappa shape index (κ3) is 4.07. The number of aromatic nitrogens is 2. The molecule has 1 saturated heterocycles. The van der Waals surface area contributed by atoms with Crippen LogP contribution in [-0.4, -0.2) is 71.9 Å². The number of piperazine rings is 1. The number of amides is 1. The first-order valence-corrected chi connectivity index (χ1v) is 10.7. The van der Waals surface area contributed by atoms with Crippen molar-refractivity contribution in [2.24, 2.45) is 0 Å². The van der Waals surface area contributed by atoms with E-state index in [1.165, 1.54) is 0 Å². The van der Waals surface area contributed by atoms with Crippen LogP contribution in [0.2, 0.25) is 10.0 Å². The molecule has 2 aliphatic rings. The molecule has 1 aromatic carbocycles. The Kier molecular flexibility index (Phi) is 6.34. The Morgan fingerprint density at radius 1 is 1.20 bits per heavy atom. The highest BCUT2D eigenvalue weighted by molar-refractivity contribution is 6.42. The highest BCUT2D eigenvalue weighted by Gasteiger charge is 2.35. The van der Waals surface area contributed by atoms with Crippen LogP contribution in [0, 0.1) is 0 Å². The lowest BCUT2D eigenvalue weighted by Gasteiger charge is -2.37. The average molecular weight is 450 g/mol. The Hall–Kier alpha value is -2.06. The van der Waals surface area contributed by atoms with Crippen LogP contribution in [-0.2, 0) is 9.53 Å². The quantitative estimate of drug-likeness (QED) is 0.758. The van der Waals surface area contributed by atoms with Crippen molar-refractivity contribution in [2.45, 2.75) is 13.0 Å². The molecule has 0 bridgehead atoms. The maximum absolute atomic E-state index is 13.6. The highest BCUT2D eigenvalue weighted by Crippen LogP contribution is 2.38. The molecule has 0 spiro atoms. The molecule has 2 aromatic rings. The molecule has 1 amide bonds. The fourth-order valence-corrected chi connectivity index (χ4v) is 4.35. The Morgan fingerprint density at radius 3 is 2.67 bits per heavy atom. The van der Waals surface area contributed by atoms with E-state index in [1.807, 2.05) is 34.7 Å². The largest absolute Gasteiger partial charge is 0.383 e. The first-order chi connectivity index (χ1) is 14.5. The maximum Gasteiger partial charge on any atom is 0.254 e. The molecule has 0 saturated carbocycles. The number of methoxy groups -OCH3 is 1. The summed E-state index contributed by atoms with van der Waals surface area (Å²) in [6, 6.07) is 7.00. The molecular weight excluding hydrogens is 425 g/mol. The van der Waals surface area contributed by atoms with Crippen LogP contribution >= 0.6 is 23.2 Å². The summed E-state index contributed by atoms with van der Waals surface area (Å²) < 4.78 is 7.00. The summed E-state index contributed by atoms with van der Waals surface area (Å²) in [5, 5.41) is 8.73. The predicted molar refractivity (Wildman–Crippen MR) is 118 cm³/mol. The molecule has 30 heavy (non-hydrogen) atoms. The van der Waals surface area contributed by atoms with Crippen molar-refractivity contribution in [1.82, 2.24) is 19.6 Å². The summed E-state index contributed by atoms with van der Waals surface area (Å²) in [5.41, 5.74) is 2.37. The Labute approximate surface area is 186 Å². The van der Waals surface area contributed by atoms with E-state index in [0.717, 1.165) is 36.7 Å². The third-order valence-corrected chi connectivity index (χ3v) is 6.41. The van der Waals surface area contributed by atoms with Crippen LogP contribution in [0.3, 0.4) is 0 Å². The first kappa shape index (κ1) is 21.2. The van der Waals surface area contributed by atoms with E-state index < -0.39 is 0 Å². The summed E-state index contributed by atoms with van der Waals surface area (Å²) >= 11 is 12.4. The number of benzene rings is 1. The SMILES string of the molecule is COCCN1CCN(C(=O)C2=C(C)Nc3ccnn3C2c2ccc(Cl)c(Cl)c2)CC1. The van der Waals surface area contributed by atoms with Gasteiger partial charge in [-0.05, 0) is 24.6 Å². The van der Waals surface area contributed by atoms with Crippen LogP contribution in [0.4, 0.5) is 5.82 Å². The Balaban J connectivity index is 1.63. The van der Waals surface area contributed by atoms with Crippen molar-refractivity contribution in [2.75, 3.05) is 51.8 Å². The molecule has 3 heterocycles. The maximum atomic E-state index is 13.6. The molecular formula is C21H25Cl2N5O2. The van der Waals surface area contributed by atoms with Crippen LogP contribution < -0.4 is 5.32 Å². The molecule has 0 aliphatic carbocycles. The average Bonchev–Trinajstić information content (AvgIpc) is 3.21. The fraction of sp³-hybridized carbons (Fsp3) is 0.429. The van der Waals surface area contributed by atoms with Gasteiger partial charge >= 0.3 is 0 Å². The molecule has 9 heteroatoms. The van der Waals surface area contributed by atoms with Gasteiger partial charge < -0.3 is 15.0 Å². The van der Waals surface area contributed by atoms with Gasteiger partial charge in [-0.3, -0.25) is 9.69 Å². The van der Waals surface area contributed by atoms with Crippen molar-refractivity contribution >= 4 is 34.9 Å². The number of allylic oxidation sites excluding steroid dienone is 1. The normalized spacial score (nSPS) is 19.6. The summed E-state index contributed by atoms with van der Waals surface area (Å²) in [5.74, 6) is 0.855. The lowest BCUT2D eigenvalue weighted by atomic mass is 9.94. The molecule has 1 aromatic heterocycles. The van der Waals surface area contributed by atoms with E-state index in [4.69, 9.17) is 27.9 Å². The van der Waals surface area contributed by atoms with Crippen LogP contribution in [0.5, 0.6) is 0 Å². The van der Waals surface area contributed by atoms with Crippen molar-refractivity contribution < 1.29 is 9.53 Å². The number of hydrogen-bond donors (Lipinski definition) is 1. The lowest BCUT2D eigenvalue weighted by molar-refractivity contribution is -0.129. The van der Waals surface area contributed by atoms with Gasteiger partial charge in [-0.15, -0.1) is 0 Å². The highest BCUT2D eigenvalue weighted by atomic mass is 35.5. The lowest BCUT2D eigenvalue weighted by Crippen LogP contribution is -2.50. The zero-order valence-electron chi connectivity index (χ0n) is 17.1. The minimum absolute atomic E-state index is 0.0172. The summed E-state index contributed by atoms with van der Waals surface area (Å²) in [6.45, 7) is 6.54. The number of nitrogens with one attached hydrogen (secondary N) is 1. The Morgan fingerprint density at radius 2 is 1.97 bits per heavy atom. The zero-order chi connectivity index (χ0) is 21.3. The van der Waals surface area contributed by atoms with Crippen molar-refractivity contribution in [1.29, 1.82) is 0 Å². The van der Waals surface area contributed by atoms with Gasteiger partial charge in [-0.25, -0.2) is 4.68 Å². The van der Waals surface area contributed by atoms with Crippen molar-refractivity contribution in [3.8, 4) is 0 Å². The monoisotopic (exact) mass is 449 g/mol. The first-order valence-electron chi connectivity index (χ1n) is 9.96. The van der Waals surface area contributed by atoms with Gasteiger partial charge in [-0.2, -0.15) is 5.10 Å². The number of nitrogens with zero attached hydrogens (tertiary/aromatic N) is 4. The minimum Gasteiger partial charge on any atom is -0.383 e. The number of fused-ring (bicyclic) bond motifs is 1. The van der Waals surface area contributed by atoms with E-state index in [2.05, 4.69) is 15.3 Å². The van der Waals surface area contributed by atoms with E-state index in [9.17, 15) is 4.79 Å². The molecule has 0 radical (unpaired) electrons. The van der Waals surface area contributed by atoms with Crippen LogP contribution in [0.1, 0.15) is 18.5 Å². The number of ether oxygens (including phenoxy) is 1. The number of hydrogen-bond acceptors (Lipinski definition) is 5. The smallest absolute Gasteiger partial charge is 0.254 e. The van der Waals surface area contributed by atoms with E-state index in [1.54, 1.807) is 19.4 Å². The standard InChI is InChI=1S/C21H25Cl2N5O2/c1-14-19(21(29)27-9-7-26(8-10-27)11-12-30-2)20(28-18(25-14)5-6-24-28)15-3-4-16(22)17(23)13-15/h3-6,13,20,25H,7-12H2,1-2H3. The number of anilines is 1. The van der Waals surface area contributed by atoms with Crippen molar-refractivity contribution in [3.63, 3.8) is 0 Å². The number of carbonyl (C=O) groups is 1. The zero-order valence-corrected chi connectivity index (χ0v) is 18.6. The molecule has 160 valence electrons. The molecule has 4 rings (SSSR count). The van der Waals surface area contributed by atoms with Gasteiger partial charge in [-0.1, -0.05) is 29.3 Å². The topological polar surface area (TPSA) is 62.6 Å². The van der Waals surface area contributed by atoms with Gasteiger partial charge in [0.05, 0.1) is 28.4 Å². The van der Waals surface area contributed by atoms with Gasteiger partial charge in [0.15, 0.2) is 0 Å². The van der Waals surface area contributed by atoms with Crippen LogP contribution in [0.15, 0.2) is 41.7 Å². The predicted octanol–water partition coefficient (Wildman–Crippen LogP) is 3.27. The molecule has 1 N–H and O–H groups in total. The molecule has 1 unspecified atom stereocenters. The van der Waals surface area contributed by atoms with Gasteiger partial charge in [0, 0.05) is 51.6 Å². The third-order valence-electron chi connectivity index (χ3n) is 5.67. The number of carbonyl (C=O) groups excluding carboxylic acids is 1. The molecule has 2 aliphatic heterocycles. The van der Waals surface area contributed by atoms with Crippen LogP contribution in [0.25, 0.3) is 0 Å². The van der Waals surface area contributed by atoms with E-state index >= 15 is 0 Å². The minimum atomic E-state index is -0.370. The fourth-order valence-electron chi connectivity index (χ4n) is 4.04. The number of halogens is 2. The summed E-state index contributed by atoms with van der Waals surface area (Å²) in [4.78, 5) is 17.9. The van der Waals surface area contributed by atoms with E-state index in [0.29, 0.717) is 35.3 Å². The molecule has 7 nitrogen and oxygen atoms in total. The molecule has 1 atom stereocenters. The van der Waals surface area contributed by atoms with E-state index in [-0.39, 0.29) is 11.9 Å². The van der Waals surface area contributed by atoms with Crippen molar-refractivity contribution in [3.05, 3.63) is 57.3 Å². The molecule has 1 fully saturated rings.